The summed E-state index contributed by atoms with van der Waals surface area (Å²) in [6.07, 6.45) is 0.335. The minimum absolute atomic E-state index is 0. The van der Waals surface area contributed by atoms with Gasteiger partial charge in [-0.25, -0.2) is 4.79 Å². The summed E-state index contributed by atoms with van der Waals surface area (Å²) < 4.78 is 17.8. The van der Waals surface area contributed by atoms with Crippen LogP contribution in [0.25, 0.3) is 0 Å². The number of carboxylic acids is 1. The van der Waals surface area contributed by atoms with Crippen LogP contribution in [-0.2, 0) is 25.1 Å². The third kappa shape index (κ3) is 8.52. The lowest BCUT2D eigenvalue weighted by Crippen LogP contribution is -2.40. The lowest BCUT2D eigenvalue weighted by molar-refractivity contribution is -0.145. The van der Waals surface area contributed by atoms with Gasteiger partial charge in [0.2, 0.25) is 5.91 Å². The Morgan fingerprint density at radius 1 is 1.25 bits per heavy atom. The van der Waals surface area contributed by atoms with Crippen LogP contribution in [0.3, 0.4) is 0 Å². The SMILES string of the molecule is CC(C)C(NC(=O)CCc1ccccc1)P(=O)(O)OC(CCCCN)C(=O)O.[HH]. The van der Waals surface area contributed by atoms with E-state index in [0.717, 1.165) is 5.56 Å². The fraction of sp³-hybridized carbons (Fsp3) is 0.579. The first kappa shape index (κ1) is 24.3. The van der Waals surface area contributed by atoms with Crippen LogP contribution in [0, 0.1) is 5.92 Å². The Labute approximate surface area is 167 Å². The molecule has 0 fully saturated rings. The third-order valence-corrected chi connectivity index (χ3v) is 6.23. The number of carbonyl (C=O) groups is 2. The van der Waals surface area contributed by atoms with Crippen molar-refractivity contribution in [1.29, 1.82) is 0 Å². The number of unbranched alkanes of at least 4 members (excludes halogenated alkanes) is 1. The summed E-state index contributed by atoms with van der Waals surface area (Å²) in [7, 11) is -4.41. The molecule has 0 aromatic heterocycles. The third-order valence-electron chi connectivity index (χ3n) is 4.25. The van der Waals surface area contributed by atoms with Crippen molar-refractivity contribution < 1.29 is 30.1 Å². The Hall–Kier alpha value is -1.73. The summed E-state index contributed by atoms with van der Waals surface area (Å²) in [6.45, 7) is 3.73. The molecule has 0 aliphatic rings. The zero-order valence-electron chi connectivity index (χ0n) is 16.4. The van der Waals surface area contributed by atoms with Crippen molar-refractivity contribution in [1.82, 2.24) is 5.32 Å². The van der Waals surface area contributed by atoms with Crippen molar-refractivity contribution in [2.75, 3.05) is 6.54 Å². The van der Waals surface area contributed by atoms with Crippen LogP contribution in [0.1, 0.15) is 46.5 Å². The molecule has 8 nitrogen and oxygen atoms in total. The van der Waals surface area contributed by atoms with E-state index in [0.29, 0.717) is 25.8 Å². The number of amides is 1. The second-order valence-corrected chi connectivity index (χ2v) is 8.92. The highest BCUT2D eigenvalue weighted by atomic mass is 31.2. The standard InChI is InChI=1S/C19H31N2O6P.H2/c1-14(2)18(21-17(22)12-11-15-8-4-3-5-9-15)28(25,26)27-16(19(23)24)10-6-7-13-20;/h3-5,8-9,14,16,18H,6-7,10-13,20H2,1-2H3,(H,21,22)(H,23,24)(H,25,26);1H. The van der Waals surface area contributed by atoms with Gasteiger partial charge in [0.1, 0.15) is 5.78 Å². The van der Waals surface area contributed by atoms with Gasteiger partial charge in [-0.1, -0.05) is 44.2 Å². The first-order valence-electron chi connectivity index (χ1n) is 9.44. The summed E-state index contributed by atoms with van der Waals surface area (Å²) >= 11 is 0. The molecule has 1 aromatic rings. The Morgan fingerprint density at radius 3 is 2.43 bits per heavy atom. The summed E-state index contributed by atoms with van der Waals surface area (Å²) in [5.74, 6) is -3.32. The summed E-state index contributed by atoms with van der Waals surface area (Å²) in [5.41, 5.74) is 6.37. The van der Waals surface area contributed by atoms with Gasteiger partial charge in [0, 0.05) is 7.85 Å². The van der Waals surface area contributed by atoms with Gasteiger partial charge < -0.3 is 21.1 Å². The van der Waals surface area contributed by atoms with Crippen molar-refractivity contribution in [3.05, 3.63) is 35.9 Å². The molecule has 0 spiro atoms. The Morgan fingerprint density at radius 2 is 1.89 bits per heavy atom. The second-order valence-electron chi connectivity index (χ2n) is 7.02. The maximum absolute atomic E-state index is 12.7. The molecule has 5 N–H and O–H groups in total. The molecule has 0 saturated heterocycles. The number of carbonyl (C=O) groups excluding carboxylic acids is 1. The van der Waals surface area contributed by atoms with E-state index in [1.54, 1.807) is 13.8 Å². The van der Waals surface area contributed by atoms with Crippen molar-refractivity contribution in [2.45, 2.75) is 57.8 Å². The summed E-state index contributed by atoms with van der Waals surface area (Å²) in [4.78, 5) is 34.0. The average molecular weight is 416 g/mol. The molecule has 160 valence electrons. The van der Waals surface area contributed by atoms with Gasteiger partial charge in [0.15, 0.2) is 6.10 Å². The van der Waals surface area contributed by atoms with E-state index in [2.05, 4.69) is 5.32 Å². The maximum Gasteiger partial charge on any atom is 0.351 e. The normalized spacial score (nSPS) is 15.6. The Balaban J connectivity index is 0.00000784. The second kappa shape index (κ2) is 12.0. The van der Waals surface area contributed by atoms with Crippen molar-refractivity contribution in [2.24, 2.45) is 11.7 Å². The van der Waals surface area contributed by atoms with E-state index < -0.39 is 37.3 Å². The maximum atomic E-state index is 12.7. The van der Waals surface area contributed by atoms with Crippen LogP contribution in [0.15, 0.2) is 30.3 Å². The number of benzene rings is 1. The highest BCUT2D eigenvalue weighted by Crippen LogP contribution is 2.50. The largest absolute Gasteiger partial charge is 0.479 e. The molecule has 0 heterocycles. The topological polar surface area (TPSA) is 139 Å². The van der Waals surface area contributed by atoms with Crippen LogP contribution in [0.2, 0.25) is 0 Å². The predicted octanol–water partition coefficient (Wildman–Crippen LogP) is 2.75. The van der Waals surface area contributed by atoms with Crippen molar-refractivity contribution >= 4 is 19.5 Å². The van der Waals surface area contributed by atoms with Gasteiger partial charge in [-0.3, -0.25) is 13.9 Å². The van der Waals surface area contributed by atoms with Crippen LogP contribution in [0.5, 0.6) is 0 Å². The molecule has 3 unspecified atom stereocenters. The van der Waals surface area contributed by atoms with E-state index >= 15 is 0 Å². The molecule has 1 rings (SSSR count). The lowest BCUT2D eigenvalue weighted by Gasteiger charge is -2.28. The van der Waals surface area contributed by atoms with Gasteiger partial charge in [0.25, 0.3) is 0 Å². The van der Waals surface area contributed by atoms with Gasteiger partial charge in [-0.05, 0) is 43.7 Å². The Bertz CT molecular complexity index is 674. The number of aliphatic carboxylic acids is 1. The molecular formula is C19H33N2O6P. The first-order chi connectivity index (χ1) is 13.2. The number of nitrogens with two attached hydrogens (primary N) is 1. The van der Waals surface area contributed by atoms with Gasteiger partial charge in [-0.15, -0.1) is 0 Å². The molecule has 0 radical (unpaired) electrons. The van der Waals surface area contributed by atoms with E-state index in [4.69, 9.17) is 10.3 Å². The number of rotatable bonds is 13. The van der Waals surface area contributed by atoms with Crippen LogP contribution >= 0.6 is 7.60 Å². The molecule has 1 amide bonds. The average Bonchev–Trinajstić information content (AvgIpc) is 2.64. The number of hydrogen-bond acceptors (Lipinski definition) is 5. The fourth-order valence-corrected chi connectivity index (χ4v) is 4.46. The lowest BCUT2D eigenvalue weighted by atomic mass is 10.1. The smallest absolute Gasteiger partial charge is 0.351 e. The van der Waals surface area contributed by atoms with Gasteiger partial charge in [-0.2, -0.15) is 0 Å². The number of aryl methyl sites for hydroxylation is 1. The molecular weight excluding hydrogens is 383 g/mol. The summed E-state index contributed by atoms with van der Waals surface area (Å²) in [5, 5.41) is 11.8. The van der Waals surface area contributed by atoms with Crippen LogP contribution in [-0.4, -0.2) is 40.3 Å². The predicted molar refractivity (Wildman–Crippen MR) is 109 cm³/mol. The molecule has 9 heteroatoms. The monoisotopic (exact) mass is 416 g/mol. The van der Waals surface area contributed by atoms with Crippen LogP contribution in [0.4, 0.5) is 0 Å². The zero-order chi connectivity index (χ0) is 21.2. The Kier molecular flexibility index (Phi) is 10.4. The van der Waals surface area contributed by atoms with Crippen LogP contribution < -0.4 is 11.1 Å². The molecule has 28 heavy (non-hydrogen) atoms. The highest BCUT2D eigenvalue weighted by molar-refractivity contribution is 7.53. The summed E-state index contributed by atoms with van der Waals surface area (Å²) in [6, 6.07) is 9.41. The minimum Gasteiger partial charge on any atom is -0.479 e. The molecule has 0 aliphatic heterocycles. The molecule has 3 atom stereocenters. The molecule has 0 aliphatic carbocycles. The molecule has 0 bridgehead atoms. The first-order valence-corrected chi connectivity index (χ1v) is 11.1. The van der Waals surface area contributed by atoms with E-state index in [1.165, 1.54) is 0 Å². The van der Waals surface area contributed by atoms with E-state index in [9.17, 15) is 24.2 Å². The van der Waals surface area contributed by atoms with E-state index in [1.807, 2.05) is 30.3 Å². The number of hydrogen-bond donors (Lipinski definition) is 4. The zero-order valence-corrected chi connectivity index (χ0v) is 17.3. The molecule has 1 aromatic carbocycles. The number of nitrogens with one attached hydrogen (secondary N) is 1. The quantitative estimate of drug-likeness (QED) is 0.286. The number of carboxylic acid groups (broad SMARTS) is 1. The molecule has 0 saturated carbocycles. The fourth-order valence-electron chi connectivity index (χ4n) is 2.71. The van der Waals surface area contributed by atoms with Gasteiger partial charge in [0.05, 0.1) is 0 Å². The van der Waals surface area contributed by atoms with Crippen molar-refractivity contribution in [3.63, 3.8) is 0 Å². The minimum atomic E-state index is -4.41. The van der Waals surface area contributed by atoms with Crippen molar-refractivity contribution in [3.8, 4) is 0 Å². The van der Waals surface area contributed by atoms with E-state index in [-0.39, 0.29) is 14.3 Å². The highest BCUT2D eigenvalue weighted by Gasteiger charge is 2.40. The van der Waals surface area contributed by atoms with Gasteiger partial charge >= 0.3 is 13.6 Å².